The Kier molecular flexibility index (Phi) is 4.71. The molecular formula is C18H22N2O2. The third kappa shape index (κ3) is 4.01. The molecule has 2 amide bonds. The zero-order valence-electron chi connectivity index (χ0n) is 13.3. The molecule has 4 heteroatoms. The molecule has 0 aliphatic rings. The van der Waals surface area contributed by atoms with E-state index in [1.807, 2.05) is 45.0 Å². The molecule has 0 unspecified atom stereocenters. The number of hydrogen-bond acceptors (Lipinski definition) is 2. The molecule has 0 fully saturated rings. The summed E-state index contributed by atoms with van der Waals surface area (Å²) in [5.74, 6) is 0.720. The van der Waals surface area contributed by atoms with Gasteiger partial charge in [-0.3, -0.25) is 0 Å². The van der Waals surface area contributed by atoms with Gasteiger partial charge in [-0.25, -0.2) is 4.79 Å². The first-order chi connectivity index (χ1) is 10.4. The number of benzene rings is 1. The van der Waals surface area contributed by atoms with Crippen molar-refractivity contribution in [3.63, 3.8) is 0 Å². The van der Waals surface area contributed by atoms with Gasteiger partial charge in [-0.15, -0.1) is 0 Å². The molecule has 1 heterocycles. The van der Waals surface area contributed by atoms with Crippen molar-refractivity contribution in [3.05, 3.63) is 66.1 Å². The minimum absolute atomic E-state index is 0.234. The Hall–Kier alpha value is -2.49. The Morgan fingerprint density at radius 2 is 2.05 bits per heavy atom. The van der Waals surface area contributed by atoms with Crippen LogP contribution in [0.5, 0.6) is 0 Å². The van der Waals surface area contributed by atoms with E-state index in [0.29, 0.717) is 6.54 Å². The fourth-order valence-electron chi connectivity index (χ4n) is 2.15. The van der Waals surface area contributed by atoms with E-state index in [4.69, 9.17) is 4.42 Å². The highest BCUT2D eigenvalue weighted by molar-refractivity contribution is 5.75. The summed E-state index contributed by atoms with van der Waals surface area (Å²) in [6, 6.07) is 11.4. The first kappa shape index (κ1) is 15.9. The summed E-state index contributed by atoms with van der Waals surface area (Å²) in [5, 5.41) is 5.77. The highest BCUT2D eigenvalue weighted by Crippen LogP contribution is 2.23. The predicted octanol–water partition coefficient (Wildman–Crippen LogP) is 4.05. The minimum atomic E-state index is -0.487. The van der Waals surface area contributed by atoms with E-state index in [1.54, 1.807) is 12.3 Å². The summed E-state index contributed by atoms with van der Waals surface area (Å²) in [4.78, 5) is 12.1. The molecule has 22 heavy (non-hydrogen) atoms. The SMILES string of the molecule is C=C(C)c1cccc(C(C)(C)NC(=O)NCc2ccco2)c1. The van der Waals surface area contributed by atoms with Crippen molar-refractivity contribution in [1.29, 1.82) is 0 Å². The van der Waals surface area contributed by atoms with Crippen LogP contribution in [0.4, 0.5) is 4.79 Å². The molecule has 116 valence electrons. The van der Waals surface area contributed by atoms with Crippen LogP contribution in [0.25, 0.3) is 5.57 Å². The van der Waals surface area contributed by atoms with Crippen LogP contribution in [0.2, 0.25) is 0 Å². The summed E-state index contributed by atoms with van der Waals surface area (Å²) in [7, 11) is 0. The lowest BCUT2D eigenvalue weighted by Gasteiger charge is -2.27. The van der Waals surface area contributed by atoms with Gasteiger partial charge in [-0.1, -0.05) is 30.4 Å². The molecular weight excluding hydrogens is 276 g/mol. The average Bonchev–Trinajstić information content (AvgIpc) is 2.98. The van der Waals surface area contributed by atoms with E-state index in [-0.39, 0.29) is 6.03 Å². The van der Waals surface area contributed by atoms with E-state index in [0.717, 1.165) is 22.5 Å². The number of carbonyl (C=O) groups is 1. The second-order valence-electron chi connectivity index (χ2n) is 5.87. The van der Waals surface area contributed by atoms with Crippen LogP contribution >= 0.6 is 0 Å². The number of allylic oxidation sites excluding steroid dienone is 1. The fraction of sp³-hybridized carbons (Fsp3) is 0.278. The predicted molar refractivity (Wildman–Crippen MR) is 88.3 cm³/mol. The molecule has 0 saturated carbocycles. The summed E-state index contributed by atoms with van der Waals surface area (Å²) in [5.41, 5.74) is 2.61. The molecule has 0 radical (unpaired) electrons. The van der Waals surface area contributed by atoms with E-state index >= 15 is 0 Å². The van der Waals surface area contributed by atoms with Crippen LogP contribution in [-0.2, 0) is 12.1 Å². The number of hydrogen-bond donors (Lipinski definition) is 2. The zero-order valence-corrected chi connectivity index (χ0v) is 13.3. The van der Waals surface area contributed by atoms with Gasteiger partial charge in [0, 0.05) is 0 Å². The minimum Gasteiger partial charge on any atom is -0.467 e. The molecule has 0 aliphatic carbocycles. The van der Waals surface area contributed by atoms with Crippen molar-refractivity contribution in [2.45, 2.75) is 32.9 Å². The second kappa shape index (κ2) is 6.52. The number of rotatable bonds is 5. The van der Waals surface area contributed by atoms with Crippen molar-refractivity contribution in [1.82, 2.24) is 10.6 Å². The van der Waals surface area contributed by atoms with E-state index < -0.39 is 5.54 Å². The van der Waals surface area contributed by atoms with Crippen molar-refractivity contribution in [2.75, 3.05) is 0 Å². The highest BCUT2D eigenvalue weighted by atomic mass is 16.3. The normalized spacial score (nSPS) is 11.0. The van der Waals surface area contributed by atoms with Crippen molar-refractivity contribution in [3.8, 4) is 0 Å². The molecule has 1 aromatic heterocycles. The maximum Gasteiger partial charge on any atom is 0.315 e. The number of carbonyl (C=O) groups excluding carboxylic acids is 1. The van der Waals surface area contributed by atoms with Crippen LogP contribution in [0.1, 0.15) is 37.7 Å². The lowest BCUT2D eigenvalue weighted by Crippen LogP contribution is -2.46. The average molecular weight is 298 g/mol. The Morgan fingerprint density at radius 1 is 1.27 bits per heavy atom. The summed E-state index contributed by atoms with van der Waals surface area (Å²) < 4.78 is 5.19. The number of amides is 2. The summed E-state index contributed by atoms with van der Waals surface area (Å²) in [6.07, 6.45) is 1.59. The van der Waals surface area contributed by atoms with Crippen LogP contribution in [0, 0.1) is 0 Å². The monoisotopic (exact) mass is 298 g/mol. The van der Waals surface area contributed by atoms with Gasteiger partial charge in [0.25, 0.3) is 0 Å². The van der Waals surface area contributed by atoms with E-state index in [1.165, 1.54) is 0 Å². The fourth-order valence-corrected chi connectivity index (χ4v) is 2.15. The Balaban J connectivity index is 2.01. The van der Waals surface area contributed by atoms with Gasteiger partial charge in [0.1, 0.15) is 5.76 Å². The van der Waals surface area contributed by atoms with Crippen LogP contribution in [0.15, 0.2) is 53.7 Å². The third-order valence-corrected chi connectivity index (χ3v) is 3.51. The number of nitrogens with one attached hydrogen (secondary N) is 2. The molecule has 0 atom stereocenters. The van der Waals surface area contributed by atoms with Gasteiger partial charge in [0.05, 0.1) is 18.3 Å². The molecule has 2 aromatic rings. The molecule has 0 spiro atoms. The van der Waals surface area contributed by atoms with Gasteiger partial charge in [0.15, 0.2) is 0 Å². The largest absolute Gasteiger partial charge is 0.467 e. The molecule has 2 N–H and O–H groups in total. The van der Waals surface area contributed by atoms with E-state index in [2.05, 4.69) is 23.3 Å². The van der Waals surface area contributed by atoms with Gasteiger partial charge in [-0.05, 0) is 50.1 Å². The lowest BCUT2D eigenvalue weighted by molar-refractivity contribution is 0.228. The smallest absolute Gasteiger partial charge is 0.315 e. The standard InChI is InChI=1S/C18H22N2O2/c1-13(2)14-7-5-8-15(11-14)18(3,4)20-17(21)19-12-16-9-6-10-22-16/h5-11H,1,12H2,2-4H3,(H2,19,20,21). The maximum atomic E-state index is 12.1. The molecule has 0 aliphatic heterocycles. The van der Waals surface area contributed by atoms with Crippen LogP contribution in [-0.4, -0.2) is 6.03 Å². The molecule has 0 saturated heterocycles. The van der Waals surface area contributed by atoms with Crippen molar-refractivity contribution < 1.29 is 9.21 Å². The van der Waals surface area contributed by atoms with Crippen molar-refractivity contribution in [2.24, 2.45) is 0 Å². The summed E-state index contributed by atoms with van der Waals surface area (Å²) in [6.45, 7) is 10.2. The highest BCUT2D eigenvalue weighted by Gasteiger charge is 2.23. The number of furan rings is 1. The Morgan fingerprint density at radius 3 is 2.68 bits per heavy atom. The van der Waals surface area contributed by atoms with Crippen LogP contribution < -0.4 is 10.6 Å². The quantitative estimate of drug-likeness (QED) is 0.875. The first-order valence-electron chi connectivity index (χ1n) is 7.23. The van der Waals surface area contributed by atoms with Gasteiger partial charge >= 0.3 is 6.03 Å². The summed E-state index contributed by atoms with van der Waals surface area (Å²) >= 11 is 0. The van der Waals surface area contributed by atoms with Gasteiger partial charge in [0.2, 0.25) is 0 Å². The van der Waals surface area contributed by atoms with Gasteiger partial charge < -0.3 is 15.1 Å². The Labute approximate surface area is 131 Å². The third-order valence-electron chi connectivity index (χ3n) is 3.51. The molecule has 0 bridgehead atoms. The Bertz CT molecular complexity index is 657. The lowest BCUT2D eigenvalue weighted by atomic mass is 9.92. The molecule has 1 aromatic carbocycles. The number of urea groups is 1. The van der Waals surface area contributed by atoms with E-state index in [9.17, 15) is 4.79 Å². The first-order valence-corrected chi connectivity index (χ1v) is 7.23. The second-order valence-corrected chi connectivity index (χ2v) is 5.87. The topological polar surface area (TPSA) is 54.3 Å². The molecule has 2 rings (SSSR count). The van der Waals surface area contributed by atoms with Crippen molar-refractivity contribution >= 4 is 11.6 Å². The zero-order chi connectivity index (χ0) is 16.2. The van der Waals surface area contributed by atoms with Crippen LogP contribution in [0.3, 0.4) is 0 Å². The maximum absolute atomic E-state index is 12.1. The van der Waals surface area contributed by atoms with Gasteiger partial charge in [-0.2, -0.15) is 0 Å². The molecule has 4 nitrogen and oxygen atoms in total.